The first-order valence-electron chi connectivity index (χ1n) is 60.1. The lowest BCUT2D eigenvalue weighted by molar-refractivity contribution is 0.429. The second kappa shape index (κ2) is 58.0. The van der Waals surface area contributed by atoms with Crippen LogP contribution in [0.15, 0.2) is 376 Å². The van der Waals surface area contributed by atoms with Crippen LogP contribution in [-0.4, -0.2) is 0 Å². The van der Waals surface area contributed by atoms with Crippen LogP contribution in [0.25, 0.3) is 66.8 Å². The monoisotopic (exact) mass is 1880 g/mol. The lowest BCUT2D eigenvalue weighted by Gasteiger charge is -2.31. The van der Waals surface area contributed by atoms with E-state index in [-0.39, 0.29) is 100 Å². The van der Waals surface area contributed by atoms with Crippen LogP contribution in [0.3, 0.4) is 0 Å². The molecular formula is C141H176. The molecule has 17 rings (SSSR count). The number of aryl methyl sites for hydroxylation is 1. The van der Waals surface area contributed by atoms with Gasteiger partial charge in [-0.15, -0.1) is 0 Å². The second-order valence-corrected chi connectivity index (χ2v) is 42.3. The van der Waals surface area contributed by atoms with Gasteiger partial charge >= 0.3 is 0 Å². The molecule has 0 aliphatic heterocycles. The fourth-order valence-corrected chi connectivity index (χ4v) is 19.7. The van der Waals surface area contributed by atoms with Gasteiger partial charge in [-0.25, -0.2) is 0 Å². The smallest absolute Gasteiger partial charge is 0.0622 e. The van der Waals surface area contributed by atoms with Crippen molar-refractivity contribution in [2.24, 2.45) is 0 Å². The van der Waals surface area contributed by atoms with Crippen LogP contribution in [0.4, 0.5) is 0 Å². The third kappa shape index (κ3) is 34.3. The van der Waals surface area contributed by atoms with E-state index >= 15 is 0 Å². The molecule has 0 bridgehead atoms. The minimum absolute atomic E-state index is 0.0221. The van der Waals surface area contributed by atoms with Crippen LogP contribution in [0.2, 0.25) is 0 Å². The van der Waals surface area contributed by atoms with Crippen LogP contribution in [-0.2, 0) is 5.41 Å². The summed E-state index contributed by atoms with van der Waals surface area (Å²) in [5.74, 6) is 6.04. The predicted molar refractivity (Wildman–Crippen MR) is 625 cm³/mol. The summed E-state index contributed by atoms with van der Waals surface area (Å²) in [7, 11) is 0. The van der Waals surface area contributed by atoms with Crippen LogP contribution in [0.5, 0.6) is 0 Å². The molecule has 0 heteroatoms. The summed E-state index contributed by atoms with van der Waals surface area (Å²) in [5.41, 5.74) is 31.5. The molecule has 0 unspecified atom stereocenters. The highest BCUT2D eigenvalue weighted by molar-refractivity contribution is 5.81. The second-order valence-electron chi connectivity index (χ2n) is 42.3. The largest absolute Gasteiger partial charge is 0.0632 e. The van der Waals surface area contributed by atoms with Gasteiger partial charge < -0.3 is 0 Å². The topological polar surface area (TPSA) is 0 Å². The Bertz CT molecular complexity index is 6680. The molecule has 141 heavy (non-hydrogen) atoms. The van der Waals surface area contributed by atoms with Crippen molar-refractivity contribution >= 4 is 0 Å². The Hall–Kier alpha value is -11.7. The van der Waals surface area contributed by atoms with E-state index in [0.29, 0.717) is 75.2 Å². The summed E-state index contributed by atoms with van der Waals surface area (Å²) in [4.78, 5) is 0. The molecule has 2 aliphatic carbocycles. The Kier molecular flexibility index (Phi) is 37.8. The molecule has 2 aliphatic rings. The number of benzene rings is 15. The predicted octanol–water partition coefficient (Wildman–Crippen LogP) is 43.5. The van der Waals surface area contributed by atoms with E-state index < -0.39 is 24.0 Å². The van der Waals surface area contributed by atoms with E-state index in [2.05, 4.69) is 375 Å². The third-order valence-corrected chi connectivity index (χ3v) is 26.7. The van der Waals surface area contributed by atoms with E-state index in [0.717, 1.165) is 23.0 Å². The summed E-state index contributed by atoms with van der Waals surface area (Å²) in [6.45, 7) is 58.4. The van der Waals surface area contributed by atoms with Gasteiger partial charge in [0.25, 0.3) is 0 Å². The molecule has 0 aromatic heterocycles. The van der Waals surface area contributed by atoms with Gasteiger partial charge in [0, 0.05) is 1.37 Å². The van der Waals surface area contributed by atoms with Crippen LogP contribution >= 0.6 is 0 Å². The third-order valence-electron chi connectivity index (χ3n) is 26.7. The van der Waals surface area contributed by atoms with E-state index in [4.69, 9.17) is 20.6 Å². The zero-order valence-corrected chi connectivity index (χ0v) is 90.7. The van der Waals surface area contributed by atoms with Gasteiger partial charge in [0.1, 0.15) is 0 Å². The molecule has 15 aromatic rings. The van der Waals surface area contributed by atoms with Gasteiger partial charge in [0.15, 0.2) is 0 Å². The van der Waals surface area contributed by atoms with E-state index in [1.54, 1.807) is 41.8 Å². The molecule has 0 radical (unpaired) electrons. The first-order valence-corrected chi connectivity index (χ1v) is 52.6. The fraction of sp³-hybridized carbons (Fsp3) is 0.362. The molecule has 740 valence electrons. The average molecular weight is 1890 g/mol. The van der Waals surface area contributed by atoms with Gasteiger partial charge in [-0.2, -0.15) is 0 Å². The maximum Gasteiger partial charge on any atom is 0.0632 e. The maximum atomic E-state index is 8.52. The van der Waals surface area contributed by atoms with Crippen molar-refractivity contribution in [1.29, 1.82) is 0 Å². The van der Waals surface area contributed by atoms with Crippen molar-refractivity contribution in [1.82, 2.24) is 0 Å². The Morgan fingerprint density at radius 1 is 0.227 bits per heavy atom. The lowest BCUT2D eigenvalue weighted by atomic mass is 9.74. The van der Waals surface area contributed by atoms with E-state index in [1.165, 1.54) is 148 Å². The molecule has 0 saturated heterocycles. The van der Waals surface area contributed by atoms with Crippen molar-refractivity contribution in [3.8, 4) is 66.8 Å². The number of hydrogen-bond donors (Lipinski definition) is 0. The van der Waals surface area contributed by atoms with Gasteiger partial charge in [-0.1, -0.05) is 593 Å². The van der Waals surface area contributed by atoms with Crippen LogP contribution in [0.1, 0.15) is 424 Å². The van der Waals surface area contributed by atoms with Crippen molar-refractivity contribution in [2.45, 2.75) is 333 Å². The fourth-order valence-electron chi connectivity index (χ4n) is 19.7. The molecule has 0 amide bonds. The first-order chi connectivity index (χ1) is 73.8. The molecule has 2 saturated carbocycles. The molecule has 0 N–H and O–H groups in total. The molecule has 0 spiro atoms. The molecule has 2 fully saturated rings. The highest BCUT2D eigenvalue weighted by atomic mass is 14.3. The molecule has 0 heterocycles. The van der Waals surface area contributed by atoms with Crippen molar-refractivity contribution in [3.63, 3.8) is 0 Å². The summed E-state index contributed by atoms with van der Waals surface area (Å²) in [6.07, 6.45) is 14.4. The summed E-state index contributed by atoms with van der Waals surface area (Å²) < 4.78 is 121. The van der Waals surface area contributed by atoms with Gasteiger partial charge in [0.05, 0.1) is 19.2 Å². The van der Waals surface area contributed by atoms with E-state index in [1.807, 2.05) is 77.9 Å². The Morgan fingerprint density at radius 3 is 0.844 bits per heavy atom. The summed E-state index contributed by atoms with van der Waals surface area (Å²) >= 11 is 0. The Morgan fingerprint density at radius 2 is 0.504 bits per heavy atom. The summed E-state index contributed by atoms with van der Waals surface area (Å²) in [6, 6.07) is 97.3. The minimum atomic E-state index is -0.485. The molecule has 15 aromatic carbocycles. The van der Waals surface area contributed by atoms with Crippen LogP contribution in [0, 0.1) is 13.8 Å². The van der Waals surface area contributed by atoms with E-state index in [9.17, 15) is 0 Å². The normalized spacial score (nSPS) is 14.1. The maximum absolute atomic E-state index is 8.52. The first kappa shape index (κ1) is 91.8. The Balaban J connectivity index is 0.000000198. The van der Waals surface area contributed by atoms with Crippen molar-refractivity contribution < 1.29 is 20.6 Å². The lowest BCUT2D eigenvalue weighted by Crippen LogP contribution is -2.14. The molecular weight excluding hydrogens is 1690 g/mol. The quantitative estimate of drug-likeness (QED) is 0.0757. The number of rotatable bonds is 19. The zero-order chi connectivity index (χ0) is 115. The average Bonchev–Trinajstić information content (AvgIpc) is 0.740. The zero-order valence-electron chi connectivity index (χ0n) is 106. The Labute approximate surface area is 880 Å². The van der Waals surface area contributed by atoms with Crippen molar-refractivity contribution in [3.05, 3.63) is 465 Å². The van der Waals surface area contributed by atoms with Gasteiger partial charge in [-0.3, -0.25) is 0 Å². The molecule has 0 atom stereocenters. The van der Waals surface area contributed by atoms with Gasteiger partial charge in [-0.05, 0) is 272 Å². The van der Waals surface area contributed by atoms with Gasteiger partial charge in [0.2, 0.25) is 0 Å². The van der Waals surface area contributed by atoms with Crippen LogP contribution < -0.4 is 0 Å². The minimum Gasteiger partial charge on any atom is -0.0622 e. The standard InChI is InChI=1S/C22H22.C21H32.C21H20.2C15H16.C13H20.2C12H18.C10H14/c1-16(2)22-20(18-10-5-4-6-11-18)13-8-14-21(22)19-12-7-9-17(3)15-19;2*1-16(2)21-19(17-10-5-3-6-11-17)14-9-15-20(21)18-12-7-4-8-13-18;2*1-12(2)14-10-6-7-11-15(14)13-8-4-3-5-9-13;1-10(2)11-8-6-7-9-12(11)13(3,4)5;2*1-9(2)11-7-5-6-8-12(11)10(3)4;1-8(2)10-7-5-4-6-9(10)3/h4-16H,1-3H3;9,14-18H,3-8,10-13H2,1-2H3;3-16H,1-2H3;2*3-12H,1-2H3;6-10H,1-5H3;2*5-10H,1-4H3;4-8H,1-3H3/i4D,5D,6D,7D,9D,10D,11D,12D,15D;;;3D,4D,5D,8D,9D;;;9D;;. The highest BCUT2D eigenvalue weighted by Gasteiger charge is 2.27. The van der Waals surface area contributed by atoms with Crippen molar-refractivity contribution in [2.75, 3.05) is 0 Å². The molecule has 0 nitrogen and oxygen atoms in total. The number of hydrogen-bond acceptors (Lipinski definition) is 0. The SMILES string of the molecule is CC(C)c1c(-c2ccccc2)cccc1-c1ccccc1.CC(C)c1c(C2CCCCC2)cccc1C1CCCCC1.CC(C)c1ccccc1-c1ccccc1.CC(C)c1ccccc1C(C)(C)C.CC(C)c1ccccc1C(C)C.Cc1ccccc1C(C)C.[2H]C(C)(C)c1ccccc1C(C)C.[2H]c1c([2H])c([2H])c(-c2cccc(-c3c([2H])c([2H])c([2H])c(C)c3[2H])c2C(C)C)c([2H])c1[2H].[2H]c1c([2H])c([2H])c(-c2ccccc2C(C)C)c([2H])c1[2H]. The summed E-state index contributed by atoms with van der Waals surface area (Å²) in [5, 5.41) is 0. The highest BCUT2D eigenvalue weighted by Crippen LogP contribution is 2.45.